The number of aromatic hydroxyl groups is 2. The highest BCUT2D eigenvalue weighted by atomic mass is 16.3. The van der Waals surface area contributed by atoms with E-state index in [1.54, 1.807) is 31.2 Å². The van der Waals surface area contributed by atoms with E-state index in [4.69, 9.17) is 4.79 Å². The van der Waals surface area contributed by atoms with Crippen LogP contribution >= 0.6 is 0 Å². The standard InChI is InChI=1S/C23H25N3O3.C4H10.C2H4O/c1-14-11-26(12-14)13-16-4-6-19(22(28)7-16)17-8-20(24-10-17)23(29)25-18-5-3-15(2)21(27)9-18;1-4(2)3;1-2-3/h3-9,14,27-28H,10-13H2,1-2H3,(H,25,29);4H,1-3H3;2H,1H3. The maximum atomic E-state index is 12.5. The highest BCUT2D eigenvalue weighted by Crippen LogP contribution is 2.30. The van der Waals surface area contributed by atoms with Crippen molar-refractivity contribution in [2.45, 2.75) is 48.1 Å². The van der Waals surface area contributed by atoms with Gasteiger partial charge in [0.25, 0.3) is 5.91 Å². The van der Waals surface area contributed by atoms with Gasteiger partial charge >= 0.3 is 0 Å². The molecule has 0 bridgehead atoms. The fraction of sp³-hybridized carbons (Fsp3) is 0.414. The molecule has 3 N–H and O–H groups in total. The monoisotopic (exact) mass is 493 g/mol. The second-order valence-corrected chi connectivity index (χ2v) is 9.94. The van der Waals surface area contributed by atoms with E-state index in [1.807, 2.05) is 12.1 Å². The Balaban J connectivity index is 0.000000583. The van der Waals surface area contributed by atoms with Crippen LogP contribution in [0.1, 0.15) is 51.3 Å². The molecule has 1 fully saturated rings. The normalized spacial score (nSPS) is 15.0. The van der Waals surface area contributed by atoms with Crippen LogP contribution in [0.3, 0.4) is 0 Å². The molecule has 36 heavy (non-hydrogen) atoms. The number of aldehydes is 1. The van der Waals surface area contributed by atoms with E-state index >= 15 is 0 Å². The first-order valence-corrected chi connectivity index (χ1v) is 12.3. The lowest BCUT2D eigenvalue weighted by molar-refractivity contribution is -0.110. The number of benzene rings is 2. The molecule has 0 aromatic heterocycles. The zero-order valence-electron chi connectivity index (χ0n) is 22.2. The minimum absolute atomic E-state index is 0.130. The molecule has 0 atom stereocenters. The minimum Gasteiger partial charge on any atom is -0.508 e. The van der Waals surface area contributed by atoms with Crippen molar-refractivity contribution in [3.63, 3.8) is 0 Å². The second kappa shape index (κ2) is 13.6. The van der Waals surface area contributed by atoms with Crippen molar-refractivity contribution in [2.75, 3.05) is 25.0 Å². The zero-order chi connectivity index (χ0) is 26.8. The number of phenols is 2. The smallest absolute Gasteiger partial charge is 0.273 e. The number of hydrogen-bond acceptors (Lipinski definition) is 6. The van der Waals surface area contributed by atoms with Crippen LogP contribution in [0.2, 0.25) is 0 Å². The fourth-order valence-electron chi connectivity index (χ4n) is 3.77. The van der Waals surface area contributed by atoms with Crippen molar-refractivity contribution < 1.29 is 19.8 Å². The van der Waals surface area contributed by atoms with Gasteiger partial charge in [-0.15, -0.1) is 0 Å². The third-order valence-corrected chi connectivity index (χ3v) is 5.38. The van der Waals surface area contributed by atoms with Crippen molar-refractivity contribution in [3.05, 3.63) is 59.2 Å². The number of nitrogens with zero attached hydrogens (tertiary/aromatic N) is 2. The number of amides is 1. The van der Waals surface area contributed by atoms with E-state index in [0.717, 1.165) is 54.5 Å². The van der Waals surface area contributed by atoms with Crippen molar-refractivity contribution in [1.29, 1.82) is 0 Å². The van der Waals surface area contributed by atoms with Crippen LogP contribution in [0.5, 0.6) is 11.5 Å². The lowest BCUT2D eigenvalue weighted by Crippen LogP contribution is -2.44. The van der Waals surface area contributed by atoms with Crippen LogP contribution in [0, 0.1) is 18.8 Å². The number of hydrogen-bond donors (Lipinski definition) is 3. The molecule has 7 nitrogen and oxygen atoms in total. The maximum Gasteiger partial charge on any atom is 0.273 e. The Morgan fingerprint density at radius 3 is 2.33 bits per heavy atom. The number of carbonyl (C=O) groups excluding carboxylic acids is 2. The van der Waals surface area contributed by atoms with Crippen molar-refractivity contribution in [3.8, 4) is 11.5 Å². The Kier molecular flexibility index (Phi) is 10.9. The molecule has 0 unspecified atom stereocenters. The molecule has 2 aromatic carbocycles. The quantitative estimate of drug-likeness (QED) is 0.497. The Hall–Kier alpha value is -3.45. The van der Waals surface area contributed by atoms with Gasteiger partial charge in [0.1, 0.15) is 23.5 Å². The van der Waals surface area contributed by atoms with E-state index in [1.165, 1.54) is 13.0 Å². The number of nitrogens with one attached hydrogen (secondary N) is 1. The summed E-state index contributed by atoms with van der Waals surface area (Å²) in [6.45, 7) is 15.3. The molecular formula is C29H39N3O4. The molecule has 2 aliphatic rings. The van der Waals surface area contributed by atoms with Gasteiger partial charge in [0.15, 0.2) is 0 Å². The lowest BCUT2D eigenvalue weighted by atomic mass is 9.99. The first-order chi connectivity index (χ1) is 17.0. The van der Waals surface area contributed by atoms with Gasteiger partial charge in [-0.3, -0.25) is 14.7 Å². The van der Waals surface area contributed by atoms with Gasteiger partial charge < -0.3 is 20.3 Å². The molecule has 2 aromatic rings. The molecule has 4 rings (SSSR count). The van der Waals surface area contributed by atoms with E-state index < -0.39 is 0 Å². The first kappa shape index (κ1) is 28.8. The van der Waals surface area contributed by atoms with Crippen LogP contribution in [0.4, 0.5) is 5.69 Å². The molecule has 2 heterocycles. The van der Waals surface area contributed by atoms with E-state index in [0.29, 0.717) is 23.5 Å². The summed E-state index contributed by atoms with van der Waals surface area (Å²) in [6.07, 6.45) is 2.45. The molecule has 0 radical (unpaired) electrons. The van der Waals surface area contributed by atoms with Crippen LogP contribution in [-0.4, -0.2) is 52.7 Å². The summed E-state index contributed by atoms with van der Waals surface area (Å²) in [5, 5.41) is 23.0. The van der Waals surface area contributed by atoms with Gasteiger partial charge in [0, 0.05) is 37.0 Å². The van der Waals surface area contributed by atoms with Crippen LogP contribution in [-0.2, 0) is 16.1 Å². The van der Waals surface area contributed by atoms with Gasteiger partial charge in [0.05, 0.1) is 6.54 Å². The molecule has 2 aliphatic heterocycles. The molecule has 0 saturated carbocycles. The number of phenolic OH excluding ortho intramolecular Hbond substituents is 2. The topological polar surface area (TPSA) is 102 Å². The predicted octanol–water partition coefficient (Wildman–Crippen LogP) is 5.20. The zero-order valence-corrected chi connectivity index (χ0v) is 22.2. The number of carbonyl (C=O) groups is 2. The predicted molar refractivity (Wildman–Crippen MR) is 147 cm³/mol. The van der Waals surface area contributed by atoms with Gasteiger partial charge in [-0.05, 0) is 60.6 Å². The van der Waals surface area contributed by atoms with Crippen LogP contribution in [0.25, 0.3) is 5.57 Å². The van der Waals surface area contributed by atoms with Crippen molar-refractivity contribution in [2.24, 2.45) is 16.8 Å². The summed E-state index contributed by atoms with van der Waals surface area (Å²) >= 11 is 0. The summed E-state index contributed by atoms with van der Waals surface area (Å²) in [5.74, 6) is 1.58. The van der Waals surface area contributed by atoms with Gasteiger partial charge in [-0.1, -0.05) is 45.9 Å². The largest absolute Gasteiger partial charge is 0.508 e. The van der Waals surface area contributed by atoms with Gasteiger partial charge in [-0.25, -0.2) is 0 Å². The summed E-state index contributed by atoms with van der Waals surface area (Å²) in [4.78, 5) is 27.9. The Morgan fingerprint density at radius 1 is 1.14 bits per heavy atom. The summed E-state index contributed by atoms with van der Waals surface area (Å²) in [7, 11) is 0. The Labute approximate surface area is 214 Å². The summed E-state index contributed by atoms with van der Waals surface area (Å²) in [6, 6.07) is 10.7. The van der Waals surface area contributed by atoms with E-state index in [9.17, 15) is 15.0 Å². The first-order valence-electron chi connectivity index (χ1n) is 12.3. The molecule has 0 spiro atoms. The molecular weight excluding hydrogens is 454 g/mol. The van der Waals surface area contributed by atoms with Crippen molar-refractivity contribution >= 4 is 29.2 Å². The molecule has 1 saturated heterocycles. The molecule has 7 heteroatoms. The minimum atomic E-state index is -0.341. The van der Waals surface area contributed by atoms with Crippen LogP contribution < -0.4 is 5.32 Å². The van der Waals surface area contributed by atoms with E-state index in [2.05, 4.69) is 42.9 Å². The average molecular weight is 494 g/mol. The molecule has 1 amide bonds. The average Bonchev–Trinajstić information content (AvgIpc) is 3.26. The SMILES string of the molecule is CC(C)C.CC=O.Cc1ccc(NC(=O)C2=NCC(c3ccc(CN4CC(C)C4)cc3O)=C2)cc1O. The Bertz CT molecular complexity index is 1110. The second-order valence-electron chi connectivity index (χ2n) is 9.94. The number of rotatable bonds is 5. The number of aliphatic imine (C=N–C) groups is 1. The maximum absolute atomic E-state index is 12.5. The van der Waals surface area contributed by atoms with Gasteiger partial charge in [0.2, 0.25) is 0 Å². The highest BCUT2D eigenvalue weighted by molar-refractivity contribution is 6.49. The van der Waals surface area contributed by atoms with Crippen molar-refractivity contribution in [1.82, 2.24) is 4.90 Å². The number of aryl methyl sites for hydroxylation is 1. The highest BCUT2D eigenvalue weighted by Gasteiger charge is 2.23. The number of anilines is 1. The Morgan fingerprint density at radius 2 is 1.78 bits per heavy atom. The summed E-state index contributed by atoms with van der Waals surface area (Å²) in [5.41, 5.74) is 4.14. The lowest BCUT2D eigenvalue weighted by Gasteiger charge is -2.37. The summed E-state index contributed by atoms with van der Waals surface area (Å²) < 4.78 is 0. The molecule has 194 valence electrons. The van der Waals surface area contributed by atoms with E-state index in [-0.39, 0.29) is 17.4 Å². The number of likely N-dealkylation sites (tertiary alicyclic amines) is 1. The van der Waals surface area contributed by atoms with Gasteiger partial charge in [-0.2, -0.15) is 0 Å². The third kappa shape index (κ3) is 8.64. The third-order valence-electron chi connectivity index (χ3n) is 5.38. The van der Waals surface area contributed by atoms with Crippen LogP contribution in [0.15, 0.2) is 47.5 Å². The molecule has 0 aliphatic carbocycles. The fourth-order valence-corrected chi connectivity index (χ4v) is 3.77.